The highest BCUT2D eigenvalue weighted by Crippen LogP contribution is 2.27. The van der Waals surface area contributed by atoms with E-state index in [9.17, 15) is 4.79 Å². The largest absolute Gasteiger partial charge is 0.497 e. The first-order valence-corrected chi connectivity index (χ1v) is 8.95. The van der Waals surface area contributed by atoms with Crippen molar-refractivity contribution in [1.82, 2.24) is 15.3 Å². The average molecular weight is 359 g/mol. The molecule has 0 spiro atoms. The summed E-state index contributed by atoms with van der Waals surface area (Å²) in [4.78, 5) is 20.5. The van der Waals surface area contributed by atoms with Crippen LogP contribution in [0.25, 0.3) is 21.8 Å². The van der Waals surface area contributed by atoms with Gasteiger partial charge in [0, 0.05) is 22.8 Å². The molecule has 0 fully saturated rings. The van der Waals surface area contributed by atoms with Crippen molar-refractivity contribution in [3.8, 4) is 5.75 Å². The molecule has 4 aromatic rings. The Kier molecular flexibility index (Phi) is 4.50. The first kappa shape index (κ1) is 17.1. The maximum Gasteiger partial charge on any atom is 0.269 e. The zero-order valence-electron chi connectivity index (χ0n) is 15.4. The van der Waals surface area contributed by atoms with Crippen LogP contribution < -0.4 is 10.1 Å². The van der Waals surface area contributed by atoms with Crippen LogP contribution in [0.1, 0.15) is 21.7 Å². The lowest BCUT2D eigenvalue weighted by Crippen LogP contribution is -2.26. The Morgan fingerprint density at radius 3 is 2.67 bits per heavy atom. The monoisotopic (exact) mass is 359 g/mol. The SMILES string of the molecule is COc1ccc(CCNC(=O)c2cc3c([nH]c4ccccc43)c(C)n2)cc1. The number of aromatic nitrogens is 2. The van der Waals surface area contributed by atoms with Crippen LogP contribution in [-0.2, 0) is 6.42 Å². The zero-order chi connectivity index (χ0) is 18.8. The summed E-state index contributed by atoms with van der Waals surface area (Å²) in [5.41, 5.74) is 4.44. The minimum atomic E-state index is -0.154. The summed E-state index contributed by atoms with van der Waals surface area (Å²) < 4.78 is 5.16. The molecule has 2 aromatic heterocycles. The number of fused-ring (bicyclic) bond motifs is 3. The first-order valence-electron chi connectivity index (χ1n) is 8.95. The Morgan fingerprint density at radius 2 is 1.89 bits per heavy atom. The molecule has 0 saturated heterocycles. The summed E-state index contributed by atoms with van der Waals surface area (Å²) in [6.45, 7) is 2.48. The summed E-state index contributed by atoms with van der Waals surface area (Å²) in [7, 11) is 1.65. The lowest BCUT2D eigenvalue weighted by Gasteiger charge is -2.07. The van der Waals surface area contributed by atoms with E-state index in [1.165, 1.54) is 0 Å². The highest BCUT2D eigenvalue weighted by atomic mass is 16.5. The molecule has 1 amide bonds. The molecule has 0 atom stereocenters. The van der Waals surface area contributed by atoms with E-state index in [0.717, 1.165) is 45.2 Å². The number of hydrogen-bond acceptors (Lipinski definition) is 3. The van der Waals surface area contributed by atoms with Gasteiger partial charge in [-0.3, -0.25) is 4.79 Å². The van der Waals surface area contributed by atoms with Crippen LogP contribution in [-0.4, -0.2) is 29.5 Å². The number of carbonyl (C=O) groups is 1. The molecule has 0 aliphatic rings. The first-order chi connectivity index (χ1) is 13.2. The van der Waals surface area contributed by atoms with Gasteiger partial charge < -0.3 is 15.0 Å². The van der Waals surface area contributed by atoms with Crippen molar-refractivity contribution >= 4 is 27.7 Å². The molecule has 0 saturated carbocycles. The number of hydrogen-bond donors (Lipinski definition) is 2. The number of aryl methyl sites for hydroxylation is 1. The average Bonchev–Trinajstić information content (AvgIpc) is 3.08. The third-order valence-electron chi connectivity index (χ3n) is 4.77. The lowest BCUT2D eigenvalue weighted by molar-refractivity contribution is 0.0949. The van der Waals surface area contributed by atoms with Gasteiger partial charge in [-0.05, 0) is 43.2 Å². The van der Waals surface area contributed by atoms with E-state index in [2.05, 4.69) is 21.4 Å². The van der Waals surface area contributed by atoms with Gasteiger partial charge in [-0.25, -0.2) is 4.98 Å². The molecule has 0 aliphatic heterocycles. The molecule has 4 rings (SSSR count). The Labute approximate surface area is 157 Å². The second kappa shape index (κ2) is 7.11. The van der Waals surface area contributed by atoms with Crippen molar-refractivity contribution in [1.29, 1.82) is 0 Å². The Hall–Kier alpha value is -3.34. The van der Waals surface area contributed by atoms with Crippen LogP contribution in [0.2, 0.25) is 0 Å². The van der Waals surface area contributed by atoms with Crippen LogP contribution in [0.4, 0.5) is 0 Å². The molecule has 0 radical (unpaired) electrons. The fraction of sp³-hybridized carbons (Fsp3) is 0.182. The van der Waals surface area contributed by atoms with Crippen LogP contribution >= 0.6 is 0 Å². The van der Waals surface area contributed by atoms with Crippen LogP contribution in [0, 0.1) is 6.92 Å². The second-order valence-corrected chi connectivity index (χ2v) is 6.54. The molecule has 2 N–H and O–H groups in total. The third-order valence-corrected chi connectivity index (χ3v) is 4.77. The number of para-hydroxylation sites is 1. The van der Waals surface area contributed by atoms with Crippen molar-refractivity contribution in [3.63, 3.8) is 0 Å². The van der Waals surface area contributed by atoms with Gasteiger partial charge in [0.1, 0.15) is 11.4 Å². The van der Waals surface area contributed by atoms with Gasteiger partial charge in [0.25, 0.3) is 5.91 Å². The number of aromatic amines is 1. The smallest absolute Gasteiger partial charge is 0.269 e. The van der Waals surface area contributed by atoms with E-state index in [0.29, 0.717) is 12.2 Å². The number of nitrogens with zero attached hydrogens (tertiary/aromatic N) is 1. The number of nitrogens with one attached hydrogen (secondary N) is 2. The third kappa shape index (κ3) is 3.36. The number of rotatable bonds is 5. The normalized spacial score (nSPS) is 11.0. The number of carbonyl (C=O) groups excluding carboxylic acids is 1. The molecular formula is C22H21N3O2. The van der Waals surface area contributed by atoms with E-state index in [1.807, 2.05) is 55.5 Å². The fourth-order valence-electron chi connectivity index (χ4n) is 3.32. The minimum Gasteiger partial charge on any atom is -0.497 e. The summed E-state index contributed by atoms with van der Waals surface area (Å²) in [6, 6.07) is 17.8. The van der Waals surface area contributed by atoms with E-state index in [-0.39, 0.29) is 5.91 Å². The van der Waals surface area contributed by atoms with Gasteiger partial charge in [-0.1, -0.05) is 30.3 Å². The Bertz CT molecular complexity index is 1110. The predicted molar refractivity (Wildman–Crippen MR) is 107 cm³/mol. The number of ether oxygens (including phenoxy) is 1. The molecule has 5 heteroatoms. The van der Waals surface area contributed by atoms with Gasteiger partial charge in [0.2, 0.25) is 0 Å². The maximum absolute atomic E-state index is 12.6. The lowest BCUT2D eigenvalue weighted by atomic mass is 10.1. The zero-order valence-corrected chi connectivity index (χ0v) is 15.4. The topological polar surface area (TPSA) is 67.0 Å². The number of H-pyrrole nitrogens is 1. The number of benzene rings is 2. The van der Waals surface area contributed by atoms with E-state index >= 15 is 0 Å². The summed E-state index contributed by atoms with van der Waals surface area (Å²) in [5.74, 6) is 0.674. The molecule has 2 heterocycles. The Balaban J connectivity index is 1.51. The van der Waals surface area contributed by atoms with Crippen molar-refractivity contribution in [2.75, 3.05) is 13.7 Å². The van der Waals surface area contributed by atoms with Gasteiger partial charge in [0.05, 0.1) is 18.3 Å². The standard InChI is InChI=1S/C22H21N3O2/c1-14-21-18(17-5-3-4-6-19(17)25-21)13-20(24-14)22(26)23-12-11-15-7-9-16(27-2)10-8-15/h3-10,13,25H,11-12H2,1-2H3,(H,23,26). The molecule has 2 aromatic carbocycles. The molecule has 27 heavy (non-hydrogen) atoms. The highest BCUT2D eigenvalue weighted by Gasteiger charge is 2.13. The molecule has 136 valence electrons. The summed E-state index contributed by atoms with van der Waals surface area (Å²) in [6.07, 6.45) is 0.754. The van der Waals surface area contributed by atoms with Crippen molar-refractivity contribution in [2.24, 2.45) is 0 Å². The number of methoxy groups -OCH3 is 1. The second-order valence-electron chi connectivity index (χ2n) is 6.54. The van der Waals surface area contributed by atoms with Crippen LogP contribution in [0.5, 0.6) is 5.75 Å². The molecule has 0 aliphatic carbocycles. The van der Waals surface area contributed by atoms with Gasteiger partial charge >= 0.3 is 0 Å². The van der Waals surface area contributed by atoms with E-state index in [1.54, 1.807) is 7.11 Å². The minimum absolute atomic E-state index is 0.154. The fourth-order valence-corrected chi connectivity index (χ4v) is 3.32. The van der Waals surface area contributed by atoms with Crippen molar-refractivity contribution < 1.29 is 9.53 Å². The quantitative estimate of drug-likeness (QED) is 0.566. The van der Waals surface area contributed by atoms with Gasteiger partial charge in [-0.2, -0.15) is 0 Å². The van der Waals surface area contributed by atoms with E-state index < -0.39 is 0 Å². The van der Waals surface area contributed by atoms with Gasteiger partial charge in [-0.15, -0.1) is 0 Å². The molecule has 5 nitrogen and oxygen atoms in total. The van der Waals surface area contributed by atoms with Crippen molar-refractivity contribution in [2.45, 2.75) is 13.3 Å². The van der Waals surface area contributed by atoms with Crippen LogP contribution in [0.3, 0.4) is 0 Å². The number of pyridine rings is 1. The highest BCUT2D eigenvalue weighted by molar-refractivity contribution is 6.10. The predicted octanol–water partition coefficient (Wildman–Crippen LogP) is 4.01. The Morgan fingerprint density at radius 1 is 1.11 bits per heavy atom. The molecule has 0 bridgehead atoms. The molecule has 0 unspecified atom stereocenters. The van der Waals surface area contributed by atoms with Crippen LogP contribution in [0.15, 0.2) is 54.6 Å². The molecular weight excluding hydrogens is 338 g/mol. The van der Waals surface area contributed by atoms with E-state index in [4.69, 9.17) is 4.74 Å². The van der Waals surface area contributed by atoms with Gasteiger partial charge in [0.15, 0.2) is 0 Å². The number of amides is 1. The summed E-state index contributed by atoms with van der Waals surface area (Å²) >= 11 is 0. The van der Waals surface area contributed by atoms with Crippen molar-refractivity contribution in [3.05, 3.63) is 71.5 Å². The summed E-state index contributed by atoms with van der Waals surface area (Å²) in [5, 5.41) is 5.09. The maximum atomic E-state index is 12.6.